The SMILES string of the molecule is C[C@H]1CCCN(C(=O)CSc2nnc(Nc3cccc(F)c3)s2)C1. The topological polar surface area (TPSA) is 58.1 Å². The highest BCUT2D eigenvalue weighted by molar-refractivity contribution is 8.01. The number of thioether (sulfide) groups is 1. The molecule has 1 N–H and O–H groups in total. The Bertz CT molecular complexity index is 709. The quantitative estimate of drug-likeness (QED) is 0.816. The lowest BCUT2D eigenvalue weighted by Crippen LogP contribution is -2.40. The third kappa shape index (κ3) is 4.67. The van der Waals surface area contributed by atoms with E-state index in [0.717, 1.165) is 23.8 Å². The second kappa shape index (κ2) is 7.94. The molecule has 0 radical (unpaired) electrons. The standard InChI is InChI=1S/C16H19FN4OS2/c1-11-4-3-7-21(9-11)14(22)10-23-16-20-19-15(24-16)18-13-6-2-5-12(17)8-13/h2,5-6,8,11H,3-4,7,9-10H2,1H3,(H,18,19)/t11-/m0/s1. The first-order valence-corrected chi connectivity index (χ1v) is 9.67. The molecule has 1 aliphatic heterocycles. The van der Waals surface area contributed by atoms with Crippen LogP contribution in [-0.2, 0) is 4.79 Å². The number of benzene rings is 1. The lowest BCUT2D eigenvalue weighted by atomic mass is 10.0. The summed E-state index contributed by atoms with van der Waals surface area (Å²) in [5.74, 6) is 0.805. The monoisotopic (exact) mass is 366 g/mol. The molecule has 1 fully saturated rings. The van der Waals surface area contributed by atoms with Crippen molar-refractivity contribution < 1.29 is 9.18 Å². The highest BCUT2D eigenvalue weighted by atomic mass is 32.2. The summed E-state index contributed by atoms with van der Waals surface area (Å²) in [5.41, 5.74) is 0.626. The second-order valence-electron chi connectivity index (χ2n) is 5.88. The van der Waals surface area contributed by atoms with Gasteiger partial charge in [0.25, 0.3) is 0 Å². The van der Waals surface area contributed by atoms with Crippen LogP contribution in [-0.4, -0.2) is 39.8 Å². The maximum Gasteiger partial charge on any atom is 0.233 e. The van der Waals surface area contributed by atoms with Crippen LogP contribution in [0.2, 0.25) is 0 Å². The number of amides is 1. The van der Waals surface area contributed by atoms with Crippen LogP contribution < -0.4 is 5.32 Å². The van der Waals surface area contributed by atoms with E-state index in [1.54, 1.807) is 12.1 Å². The third-order valence-corrected chi connectivity index (χ3v) is 5.77. The number of nitrogens with one attached hydrogen (secondary N) is 1. The molecule has 1 aliphatic rings. The van der Waals surface area contributed by atoms with Gasteiger partial charge in [-0.3, -0.25) is 4.79 Å². The number of aromatic nitrogens is 2. The van der Waals surface area contributed by atoms with Crippen molar-refractivity contribution in [3.8, 4) is 0 Å². The van der Waals surface area contributed by atoms with E-state index in [1.165, 1.54) is 41.7 Å². The fourth-order valence-corrected chi connectivity index (χ4v) is 4.31. The molecule has 1 saturated heterocycles. The summed E-state index contributed by atoms with van der Waals surface area (Å²) in [6.07, 6.45) is 2.28. The second-order valence-corrected chi connectivity index (χ2v) is 8.08. The van der Waals surface area contributed by atoms with Gasteiger partial charge in [0, 0.05) is 18.8 Å². The van der Waals surface area contributed by atoms with Gasteiger partial charge in [0.05, 0.1) is 5.75 Å². The minimum atomic E-state index is -0.305. The van der Waals surface area contributed by atoms with Crippen molar-refractivity contribution in [3.05, 3.63) is 30.1 Å². The van der Waals surface area contributed by atoms with Gasteiger partial charge in [-0.2, -0.15) is 0 Å². The summed E-state index contributed by atoms with van der Waals surface area (Å²) in [6.45, 7) is 3.88. The lowest BCUT2D eigenvalue weighted by Gasteiger charge is -2.30. The zero-order valence-corrected chi connectivity index (χ0v) is 15.0. The largest absolute Gasteiger partial charge is 0.342 e. The molecule has 1 aromatic heterocycles. The number of carbonyl (C=O) groups excluding carboxylic acids is 1. The normalized spacial score (nSPS) is 17.8. The summed E-state index contributed by atoms with van der Waals surface area (Å²) in [4.78, 5) is 14.2. The predicted octanol–water partition coefficient (Wildman–Crippen LogP) is 3.77. The Morgan fingerprint density at radius 3 is 3.17 bits per heavy atom. The van der Waals surface area contributed by atoms with Gasteiger partial charge in [0.1, 0.15) is 5.82 Å². The van der Waals surface area contributed by atoms with Gasteiger partial charge in [-0.15, -0.1) is 10.2 Å². The maximum atomic E-state index is 13.2. The van der Waals surface area contributed by atoms with Crippen LogP contribution in [0.5, 0.6) is 0 Å². The Hall–Kier alpha value is -1.67. The first-order chi connectivity index (χ1) is 11.6. The number of hydrogen-bond donors (Lipinski definition) is 1. The predicted molar refractivity (Wildman–Crippen MR) is 95.3 cm³/mol. The van der Waals surface area contributed by atoms with Crippen LogP contribution in [0.1, 0.15) is 19.8 Å². The van der Waals surface area contributed by atoms with Gasteiger partial charge in [-0.1, -0.05) is 36.1 Å². The van der Waals surface area contributed by atoms with E-state index in [2.05, 4.69) is 22.4 Å². The number of hydrogen-bond acceptors (Lipinski definition) is 6. The van der Waals surface area contributed by atoms with Crippen molar-refractivity contribution in [1.29, 1.82) is 0 Å². The molecule has 0 spiro atoms. The molecular formula is C16H19FN4OS2. The molecule has 2 heterocycles. The molecule has 1 aromatic carbocycles. The highest BCUT2D eigenvalue weighted by Gasteiger charge is 2.21. The number of halogens is 1. The van der Waals surface area contributed by atoms with E-state index in [9.17, 15) is 9.18 Å². The molecule has 5 nitrogen and oxygen atoms in total. The lowest BCUT2D eigenvalue weighted by molar-refractivity contribution is -0.130. The van der Waals surface area contributed by atoms with Gasteiger partial charge in [0.15, 0.2) is 4.34 Å². The van der Waals surface area contributed by atoms with Gasteiger partial charge in [0.2, 0.25) is 11.0 Å². The van der Waals surface area contributed by atoms with E-state index in [4.69, 9.17) is 0 Å². The van der Waals surface area contributed by atoms with E-state index in [0.29, 0.717) is 22.5 Å². The van der Waals surface area contributed by atoms with Crippen LogP contribution in [0.3, 0.4) is 0 Å². The van der Waals surface area contributed by atoms with Crippen molar-refractivity contribution in [1.82, 2.24) is 15.1 Å². The van der Waals surface area contributed by atoms with Gasteiger partial charge in [-0.25, -0.2) is 4.39 Å². The molecule has 128 valence electrons. The van der Waals surface area contributed by atoms with Crippen molar-refractivity contribution in [2.75, 3.05) is 24.2 Å². The van der Waals surface area contributed by atoms with Crippen molar-refractivity contribution >= 4 is 39.8 Å². The third-order valence-electron chi connectivity index (χ3n) is 3.81. The van der Waals surface area contributed by atoms with Gasteiger partial charge >= 0.3 is 0 Å². The minimum absolute atomic E-state index is 0.154. The Morgan fingerprint density at radius 2 is 2.38 bits per heavy atom. The van der Waals surface area contributed by atoms with Crippen LogP contribution in [0.15, 0.2) is 28.6 Å². The van der Waals surface area contributed by atoms with E-state index in [-0.39, 0.29) is 11.7 Å². The molecule has 1 atom stereocenters. The molecule has 1 amide bonds. The molecule has 0 aliphatic carbocycles. The van der Waals surface area contributed by atoms with Crippen molar-refractivity contribution in [3.63, 3.8) is 0 Å². The first kappa shape index (κ1) is 17.2. The molecule has 0 unspecified atom stereocenters. The summed E-state index contributed by atoms with van der Waals surface area (Å²) in [7, 11) is 0. The summed E-state index contributed by atoms with van der Waals surface area (Å²) in [5, 5.41) is 11.7. The highest BCUT2D eigenvalue weighted by Crippen LogP contribution is 2.28. The number of rotatable bonds is 5. The van der Waals surface area contributed by atoms with E-state index in [1.807, 2.05) is 4.90 Å². The van der Waals surface area contributed by atoms with Crippen LogP contribution in [0.25, 0.3) is 0 Å². The zero-order chi connectivity index (χ0) is 16.9. The molecule has 3 rings (SSSR count). The zero-order valence-electron chi connectivity index (χ0n) is 13.4. The Labute approximate surface area is 148 Å². The van der Waals surface area contributed by atoms with Crippen molar-refractivity contribution in [2.45, 2.75) is 24.1 Å². The fraction of sp³-hybridized carbons (Fsp3) is 0.438. The average Bonchev–Trinajstić information content (AvgIpc) is 3.00. The van der Waals surface area contributed by atoms with E-state index >= 15 is 0 Å². The molecule has 0 saturated carbocycles. The molecule has 8 heteroatoms. The number of nitrogens with zero attached hydrogens (tertiary/aromatic N) is 3. The Morgan fingerprint density at radius 1 is 1.50 bits per heavy atom. The van der Waals surface area contributed by atoms with E-state index < -0.39 is 0 Å². The Kier molecular flexibility index (Phi) is 5.68. The molecule has 24 heavy (non-hydrogen) atoms. The van der Waals surface area contributed by atoms with Crippen LogP contribution in [0.4, 0.5) is 15.2 Å². The average molecular weight is 366 g/mol. The number of likely N-dealkylation sites (tertiary alicyclic amines) is 1. The maximum absolute atomic E-state index is 13.2. The Balaban J connectivity index is 1.51. The van der Waals surface area contributed by atoms with Crippen molar-refractivity contribution in [2.24, 2.45) is 5.92 Å². The summed E-state index contributed by atoms with van der Waals surface area (Å²) < 4.78 is 13.9. The minimum Gasteiger partial charge on any atom is -0.342 e. The summed E-state index contributed by atoms with van der Waals surface area (Å²) >= 11 is 2.76. The number of carbonyl (C=O) groups is 1. The fourth-order valence-electron chi connectivity index (χ4n) is 2.64. The molecule has 0 bridgehead atoms. The number of piperidine rings is 1. The molecular weight excluding hydrogens is 347 g/mol. The van der Waals surface area contributed by atoms with Gasteiger partial charge in [-0.05, 0) is 37.0 Å². The van der Waals surface area contributed by atoms with Gasteiger partial charge < -0.3 is 10.2 Å². The van der Waals surface area contributed by atoms with Crippen LogP contribution in [0, 0.1) is 11.7 Å². The smallest absolute Gasteiger partial charge is 0.233 e. The summed E-state index contributed by atoms with van der Waals surface area (Å²) in [6, 6.07) is 6.18. The molecule has 2 aromatic rings. The number of anilines is 2. The first-order valence-electron chi connectivity index (χ1n) is 7.87. The van der Waals surface area contributed by atoms with Crippen LogP contribution >= 0.6 is 23.1 Å².